The van der Waals surface area contributed by atoms with Crippen molar-refractivity contribution >= 4 is 5.91 Å². The Hall–Kier alpha value is -1.39. The van der Waals surface area contributed by atoms with Crippen molar-refractivity contribution in [3.8, 4) is 0 Å². The second kappa shape index (κ2) is 6.98. The van der Waals surface area contributed by atoms with Crippen LogP contribution in [-0.4, -0.2) is 23.9 Å². The molecule has 1 rings (SSSR count). The molecule has 1 amide bonds. The highest BCUT2D eigenvalue weighted by molar-refractivity contribution is 5.75. The molecule has 0 radical (unpaired) electrons. The molecular weight excluding hydrogens is 202 g/mol. The number of nitrogens with zero attached hydrogens (tertiary/aromatic N) is 1. The van der Waals surface area contributed by atoms with Crippen molar-refractivity contribution in [3.63, 3.8) is 0 Å². The molecule has 0 saturated carbocycles. The lowest BCUT2D eigenvalue weighted by molar-refractivity contribution is -0.121. The maximum atomic E-state index is 11.0. The quantitative estimate of drug-likeness (QED) is 0.426. The molecule has 1 aromatic rings. The predicted octanol–water partition coefficient (Wildman–Crippen LogP) is 0.889. The molecule has 0 aliphatic heterocycles. The Morgan fingerprint density at radius 3 is 2.62 bits per heavy atom. The van der Waals surface area contributed by atoms with Crippen molar-refractivity contribution in [1.82, 2.24) is 10.3 Å². The summed E-state index contributed by atoms with van der Waals surface area (Å²) in [5, 5.41) is 0. The Bertz CT molecular complexity index is 313. The molecule has 0 atom stereocenters. The zero-order chi connectivity index (χ0) is 11.8. The molecule has 16 heavy (non-hydrogen) atoms. The molecular formula is C12H19N3O. The van der Waals surface area contributed by atoms with Gasteiger partial charge in [0.05, 0.1) is 0 Å². The van der Waals surface area contributed by atoms with Crippen molar-refractivity contribution in [3.05, 3.63) is 35.9 Å². The molecule has 88 valence electrons. The van der Waals surface area contributed by atoms with E-state index in [9.17, 15) is 4.79 Å². The minimum atomic E-state index is -0.119. The molecule has 0 aromatic heterocycles. The average Bonchev–Trinajstić information content (AvgIpc) is 2.35. The van der Waals surface area contributed by atoms with E-state index in [0.29, 0.717) is 6.42 Å². The van der Waals surface area contributed by atoms with Gasteiger partial charge in [-0.2, -0.15) is 0 Å². The highest BCUT2D eigenvalue weighted by Gasteiger charge is 2.06. The van der Waals surface area contributed by atoms with Crippen molar-refractivity contribution in [1.29, 1.82) is 0 Å². The number of hydrogen-bond acceptors (Lipinski definition) is 3. The van der Waals surface area contributed by atoms with Crippen LogP contribution in [0.2, 0.25) is 0 Å². The lowest BCUT2D eigenvalue weighted by atomic mass is 10.2. The summed E-state index contributed by atoms with van der Waals surface area (Å²) in [5.74, 6) is 4.92. The fourth-order valence-corrected chi connectivity index (χ4v) is 1.52. The number of nitrogens with two attached hydrogens (primary N) is 1. The lowest BCUT2D eigenvalue weighted by Gasteiger charge is -2.19. The smallest absolute Gasteiger partial charge is 0.235 e. The summed E-state index contributed by atoms with van der Waals surface area (Å²) >= 11 is 0. The van der Waals surface area contributed by atoms with Crippen LogP contribution in [0.5, 0.6) is 0 Å². The van der Waals surface area contributed by atoms with Crippen LogP contribution >= 0.6 is 0 Å². The molecule has 0 saturated heterocycles. The second-order valence-electron chi connectivity index (χ2n) is 3.67. The number of rotatable bonds is 6. The van der Waals surface area contributed by atoms with Gasteiger partial charge in [0.25, 0.3) is 0 Å². The molecule has 0 bridgehead atoms. The van der Waals surface area contributed by atoms with Gasteiger partial charge < -0.3 is 0 Å². The van der Waals surface area contributed by atoms with E-state index in [1.54, 1.807) is 0 Å². The molecule has 0 fully saturated rings. The Labute approximate surface area is 96.4 Å². The first-order valence-corrected chi connectivity index (χ1v) is 5.52. The summed E-state index contributed by atoms with van der Waals surface area (Å²) in [7, 11) is 0. The highest BCUT2D eigenvalue weighted by atomic mass is 16.2. The number of carbonyl (C=O) groups excluding carboxylic acids is 1. The van der Waals surface area contributed by atoms with E-state index in [2.05, 4.69) is 29.4 Å². The maximum absolute atomic E-state index is 11.0. The monoisotopic (exact) mass is 221 g/mol. The zero-order valence-corrected chi connectivity index (χ0v) is 9.65. The van der Waals surface area contributed by atoms with Gasteiger partial charge in [-0.05, 0) is 12.1 Å². The third-order valence-corrected chi connectivity index (χ3v) is 2.51. The molecule has 0 heterocycles. The second-order valence-corrected chi connectivity index (χ2v) is 3.67. The van der Waals surface area contributed by atoms with Gasteiger partial charge in [0, 0.05) is 19.5 Å². The van der Waals surface area contributed by atoms with E-state index in [-0.39, 0.29) is 5.91 Å². The third-order valence-electron chi connectivity index (χ3n) is 2.51. The van der Waals surface area contributed by atoms with Gasteiger partial charge in [0.15, 0.2) is 0 Å². The summed E-state index contributed by atoms with van der Waals surface area (Å²) in [6.45, 7) is 4.61. The van der Waals surface area contributed by atoms with Crippen LogP contribution in [0.25, 0.3) is 0 Å². The van der Waals surface area contributed by atoms with Gasteiger partial charge >= 0.3 is 0 Å². The first-order chi connectivity index (χ1) is 7.76. The first kappa shape index (κ1) is 12.7. The minimum Gasteiger partial charge on any atom is -0.299 e. The van der Waals surface area contributed by atoms with Gasteiger partial charge in [-0.1, -0.05) is 37.3 Å². The molecule has 1 aromatic carbocycles. The Morgan fingerprint density at radius 1 is 1.38 bits per heavy atom. The van der Waals surface area contributed by atoms with Crippen molar-refractivity contribution < 1.29 is 4.79 Å². The molecule has 0 aliphatic rings. The summed E-state index contributed by atoms with van der Waals surface area (Å²) in [5.41, 5.74) is 3.40. The van der Waals surface area contributed by atoms with Gasteiger partial charge in [0.1, 0.15) is 0 Å². The van der Waals surface area contributed by atoms with Gasteiger partial charge in [-0.25, -0.2) is 5.84 Å². The van der Waals surface area contributed by atoms with Crippen LogP contribution in [-0.2, 0) is 11.3 Å². The number of hydrazine groups is 1. The molecule has 0 unspecified atom stereocenters. The van der Waals surface area contributed by atoms with Crippen LogP contribution in [0, 0.1) is 0 Å². The Balaban J connectivity index is 2.40. The average molecular weight is 221 g/mol. The number of amides is 1. The van der Waals surface area contributed by atoms with Crippen molar-refractivity contribution in [2.75, 3.05) is 13.1 Å². The van der Waals surface area contributed by atoms with Crippen molar-refractivity contribution in [2.24, 2.45) is 5.84 Å². The third kappa shape index (κ3) is 4.42. The summed E-state index contributed by atoms with van der Waals surface area (Å²) in [6.07, 6.45) is 0.442. The maximum Gasteiger partial charge on any atom is 0.235 e. The lowest BCUT2D eigenvalue weighted by Crippen LogP contribution is -2.34. The molecule has 3 N–H and O–H groups in total. The van der Waals surface area contributed by atoms with E-state index >= 15 is 0 Å². The SMILES string of the molecule is CCN(CCC(=O)NN)Cc1ccccc1. The van der Waals surface area contributed by atoms with Crippen LogP contribution in [0.3, 0.4) is 0 Å². The Kier molecular flexibility index (Phi) is 5.53. The van der Waals surface area contributed by atoms with Crippen LogP contribution in [0.15, 0.2) is 30.3 Å². The standard InChI is InChI=1S/C12H19N3O/c1-2-15(9-8-12(16)14-13)10-11-6-4-3-5-7-11/h3-7H,2,8-10,13H2,1H3,(H,14,16). The van der Waals surface area contributed by atoms with Crippen LogP contribution in [0.1, 0.15) is 18.9 Å². The number of nitrogens with one attached hydrogen (secondary N) is 1. The van der Waals surface area contributed by atoms with Gasteiger partial charge in [-0.3, -0.25) is 15.1 Å². The van der Waals surface area contributed by atoms with E-state index in [1.807, 2.05) is 18.2 Å². The normalized spacial score (nSPS) is 10.4. The number of carbonyl (C=O) groups is 1. The van der Waals surface area contributed by atoms with Gasteiger partial charge in [0.2, 0.25) is 5.91 Å². The number of benzene rings is 1. The summed E-state index contributed by atoms with van der Waals surface area (Å²) in [4.78, 5) is 13.2. The van der Waals surface area contributed by atoms with E-state index in [1.165, 1.54) is 5.56 Å². The largest absolute Gasteiger partial charge is 0.299 e. The fourth-order valence-electron chi connectivity index (χ4n) is 1.52. The molecule has 0 aliphatic carbocycles. The van der Waals surface area contributed by atoms with E-state index < -0.39 is 0 Å². The van der Waals surface area contributed by atoms with E-state index in [0.717, 1.165) is 19.6 Å². The minimum absolute atomic E-state index is 0.119. The molecule has 0 spiro atoms. The van der Waals surface area contributed by atoms with Crippen molar-refractivity contribution in [2.45, 2.75) is 19.9 Å². The zero-order valence-electron chi connectivity index (χ0n) is 9.65. The number of hydrogen-bond donors (Lipinski definition) is 2. The van der Waals surface area contributed by atoms with E-state index in [4.69, 9.17) is 5.84 Å². The first-order valence-electron chi connectivity index (χ1n) is 5.52. The van der Waals surface area contributed by atoms with Crippen LogP contribution < -0.4 is 11.3 Å². The van der Waals surface area contributed by atoms with Crippen LogP contribution in [0.4, 0.5) is 0 Å². The topological polar surface area (TPSA) is 58.4 Å². The Morgan fingerprint density at radius 2 is 2.06 bits per heavy atom. The highest BCUT2D eigenvalue weighted by Crippen LogP contribution is 2.04. The summed E-state index contributed by atoms with van der Waals surface area (Å²) < 4.78 is 0. The fraction of sp³-hybridized carbons (Fsp3) is 0.417. The summed E-state index contributed by atoms with van der Waals surface area (Å²) in [6, 6.07) is 10.2. The predicted molar refractivity (Wildman–Crippen MR) is 64.3 cm³/mol. The van der Waals surface area contributed by atoms with Gasteiger partial charge in [-0.15, -0.1) is 0 Å². The molecule has 4 heteroatoms. The molecule has 4 nitrogen and oxygen atoms in total.